The topological polar surface area (TPSA) is 97.4 Å². The summed E-state index contributed by atoms with van der Waals surface area (Å²) in [6, 6.07) is 0. The molecule has 0 heterocycles. The van der Waals surface area contributed by atoms with E-state index in [1.807, 2.05) is 0 Å². The Kier molecular flexibility index (Phi) is 8.87. The molecule has 0 atom stereocenters. The lowest BCUT2D eigenvalue weighted by Crippen LogP contribution is -2.08. The Morgan fingerprint density at radius 2 is 1.60 bits per heavy atom. The van der Waals surface area contributed by atoms with Gasteiger partial charge in [0.05, 0.1) is 33.5 Å². The monoisotopic (exact) mass is 310 g/mol. The van der Waals surface area contributed by atoms with E-state index in [-0.39, 0.29) is 19.0 Å². The SMILES string of the molecule is CCOP(=O)(OCC)OC(=CC(=O)OC)CC(=O)OC. The summed E-state index contributed by atoms with van der Waals surface area (Å²) >= 11 is 0. The van der Waals surface area contributed by atoms with Crippen LogP contribution >= 0.6 is 7.82 Å². The number of phosphoric acid groups is 1. The summed E-state index contributed by atoms with van der Waals surface area (Å²) in [4.78, 5) is 22.4. The van der Waals surface area contributed by atoms with E-state index in [0.717, 1.165) is 13.2 Å². The van der Waals surface area contributed by atoms with E-state index in [2.05, 4.69) is 9.47 Å². The molecule has 0 aliphatic carbocycles. The van der Waals surface area contributed by atoms with Crippen molar-refractivity contribution in [2.24, 2.45) is 0 Å². The quantitative estimate of drug-likeness (QED) is 0.275. The highest BCUT2D eigenvalue weighted by molar-refractivity contribution is 7.48. The van der Waals surface area contributed by atoms with Crippen LogP contribution in [0.15, 0.2) is 11.8 Å². The molecule has 0 saturated carbocycles. The van der Waals surface area contributed by atoms with Crippen LogP contribution in [0, 0.1) is 0 Å². The third-order valence-corrected chi connectivity index (χ3v) is 3.44. The van der Waals surface area contributed by atoms with E-state index < -0.39 is 26.2 Å². The van der Waals surface area contributed by atoms with Crippen LogP contribution in [0.1, 0.15) is 20.3 Å². The Bertz CT molecular complexity index is 393. The lowest BCUT2D eigenvalue weighted by atomic mass is 10.3. The van der Waals surface area contributed by atoms with Gasteiger partial charge in [0, 0.05) is 0 Å². The van der Waals surface area contributed by atoms with Gasteiger partial charge >= 0.3 is 19.8 Å². The van der Waals surface area contributed by atoms with Crippen LogP contribution in [0.2, 0.25) is 0 Å². The van der Waals surface area contributed by atoms with Gasteiger partial charge < -0.3 is 14.0 Å². The molecule has 0 bridgehead atoms. The van der Waals surface area contributed by atoms with Crippen LogP contribution < -0.4 is 0 Å². The van der Waals surface area contributed by atoms with Gasteiger partial charge in [-0.1, -0.05) is 0 Å². The molecule has 0 N–H and O–H groups in total. The molecule has 8 nitrogen and oxygen atoms in total. The van der Waals surface area contributed by atoms with E-state index in [9.17, 15) is 14.2 Å². The van der Waals surface area contributed by atoms with E-state index in [0.29, 0.717) is 0 Å². The molecule has 0 aromatic heterocycles. The zero-order valence-electron chi connectivity index (χ0n) is 11.9. The van der Waals surface area contributed by atoms with Gasteiger partial charge in [0.1, 0.15) is 12.2 Å². The van der Waals surface area contributed by atoms with Crippen LogP contribution in [0.25, 0.3) is 0 Å². The Hall–Kier alpha value is -1.37. The van der Waals surface area contributed by atoms with Crippen molar-refractivity contribution in [2.75, 3.05) is 27.4 Å². The summed E-state index contributed by atoms with van der Waals surface area (Å²) in [5, 5.41) is 0. The molecule has 0 radical (unpaired) electrons. The number of rotatable bonds is 9. The van der Waals surface area contributed by atoms with Crippen molar-refractivity contribution in [2.45, 2.75) is 20.3 Å². The fraction of sp³-hybridized carbons (Fsp3) is 0.636. The summed E-state index contributed by atoms with van der Waals surface area (Å²) in [5.74, 6) is -1.68. The predicted molar refractivity (Wildman–Crippen MR) is 68.7 cm³/mol. The van der Waals surface area contributed by atoms with Crippen LogP contribution in [-0.4, -0.2) is 39.4 Å². The third-order valence-electron chi connectivity index (χ3n) is 1.83. The van der Waals surface area contributed by atoms with Crippen molar-refractivity contribution in [3.63, 3.8) is 0 Å². The molecule has 0 aliphatic rings. The van der Waals surface area contributed by atoms with Crippen molar-refractivity contribution in [1.29, 1.82) is 0 Å². The van der Waals surface area contributed by atoms with Gasteiger partial charge in [-0.05, 0) is 13.8 Å². The smallest absolute Gasteiger partial charge is 0.469 e. The number of hydrogen-bond acceptors (Lipinski definition) is 8. The molecule has 0 amide bonds. The lowest BCUT2D eigenvalue weighted by molar-refractivity contribution is -0.140. The number of methoxy groups -OCH3 is 2. The molecular weight excluding hydrogens is 291 g/mol. The molecule has 0 unspecified atom stereocenters. The van der Waals surface area contributed by atoms with Gasteiger partial charge in [-0.15, -0.1) is 0 Å². The highest BCUT2D eigenvalue weighted by atomic mass is 31.2. The van der Waals surface area contributed by atoms with Gasteiger partial charge in [-0.25, -0.2) is 9.36 Å². The van der Waals surface area contributed by atoms with Crippen LogP contribution in [0.4, 0.5) is 0 Å². The van der Waals surface area contributed by atoms with E-state index in [4.69, 9.17) is 13.6 Å². The minimum atomic E-state index is -3.89. The van der Waals surface area contributed by atoms with Gasteiger partial charge in [0.2, 0.25) is 0 Å². The van der Waals surface area contributed by atoms with Gasteiger partial charge in [0.25, 0.3) is 0 Å². The number of carbonyl (C=O) groups excluding carboxylic acids is 2. The highest BCUT2D eigenvalue weighted by Crippen LogP contribution is 2.51. The molecular formula is C11H19O8P. The van der Waals surface area contributed by atoms with Gasteiger partial charge in [0.15, 0.2) is 0 Å². The zero-order chi connectivity index (χ0) is 15.6. The van der Waals surface area contributed by atoms with Crippen LogP contribution in [0.3, 0.4) is 0 Å². The number of esters is 2. The van der Waals surface area contributed by atoms with Gasteiger partial charge in [-0.2, -0.15) is 0 Å². The Morgan fingerprint density at radius 1 is 1.05 bits per heavy atom. The maximum absolute atomic E-state index is 12.2. The highest BCUT2D eigenvalue weighted by Gasteiger charge is 2.29. The molecule has 0 fully saturated rings. The first-order valence-corrected chi connectivity index (χ1v) is 7.30. The number of phosphoric ester groups is 1. The fourth-order valence-corrected chi connectivity index (χ4v) is 2.28. The molecule has 116 valence electrons. The fourth-order valence-electron chi connectivity index (χ4n) is 1.06. The first-order chi connectivity index (χ1) is 9.40. The van der Waals surface area contributed by atoms with Crippen LogP contribution in [-0.2, 0) is 37.2 Å². The maximum Gasteiger partial charge on any atom is 0.529 e. The second-order valence-electron chi connectivity index (χ2n) is 3.26. The molecule has 0 aliphatic heterocycles. The van der Waals surface area contributed by atoms with Crippen molar-refractivity contribution in [3.8, 4) is 0 Å². The summed E-state index contributed by atoms with van der Waals surface area (Å²) in [5.41, 5.74) is 0. The Balaban J connectivity index is 5.11. The summed E-state index contributed by atoms with van der Waals surface area (Å²) < 4.78 is 35.8. The standard InChI is InChI=1S/C11H19O8P/c1-5-17-20(14,18-6-2)19-9(7-10(12)15-3)8-11(13)16-4/h7H,5-6,8H2,1-4H3. The number of hydrogen-bond donors (Lipinski definition) is 0. The molecule has 0 saturated heterocycles. The molecule has 9 heteroatoms. The minimum Gasteiger partial charge on any atom is -0.469 e. The average molecular weight is 310 g/mol. The second-order valence-corrected chi connectivity index (χ2v) is 4.85. The molecule has 0 aromatic carbocycles. The van der Waals surface area contributed by atoms with E-state index in [1.165, 1.54) is 7.11 Å². The predicted octanol–water partition coefficient (Wildman–Crippen LogP) is 1.80. The first kappa shape index (κ1) is 18.6. The third kappa shape index (κ3) is 7.28. The van der Waals surface area contributed by atoms with Crippen LogP contribution in [0.5, 0.6) is 0 Å². The zero-order valence-corrected chi connectivity index (χ0v) is 12.8. The van der Waals surface area contributed by atoms with Crippen molar-refractivity contribution >= 4 is 19.8 Å². The first-order valence-electron chi connectivity index (χ1n) is 5.84. The van der Waals surface area contributed by atoms with Gasteiger partial charge in [-0.3, -0.25) is 13.8 Å². The van der Waals surface area contributed by atoms with Crippen molar-refractivity contribution in [1.82, 2.24) is 0 Å². The van der Waals surface area contributed by atoms with E-state index in [1.54, 1.807) is 13.8 Å². The van der Waals surface area contributed by atoms with Crippen molar-refractivity contribution in [3.05, 3.63) is 11.8 Å². The molecule has 0 rings (SSSR count). The molecule has 0 aromatic rings. The molecule has 20 heavy (non-hydrogen) atoms. The summed E-state index contributed by atoms with van der Waals surface area (Å²) in [6.45, 7) is 3.33. The maximum atomic E-state index is 12.2. The molecule has 0 spiro atoms. The summed E-state index contributed by atoms with van der Waals surface area (Å²) in [7, 11) is -1.57. The normalized spacial score (nSPS) is 11.9. The Morgan fingerprint density at radius 3 is 2.00 bits per heavy atom. The number of ether oxygens (including phenoxy) is 2. The van der Waals surface area contributed by atoms with E-state index >= 15 is 0 Å². The largest absolute Gasteiger partial charge is 0.529 e. The Labute approximate surface area is 117 Å². The van der Waals surface area contributed by atoms with Crippen molar-refractivity contribution < 1.29 is 37.2 Å². The lowest BCUT2D eigenvalue weighted by Gasteiger charge is -2.18. The average Bonchev–Trinajstić information content (AvgIpc) is 2.38. The minimum absolute atomic E-state index is 0.0704. The summed E-state index contributed by atoms with van der Waals surface area (Å²) in [6.07, 6.45) is 0.470. The second kappa shape index (κ2) is 9.52. The number of carbonyl (C=O) groups is 2.